The topological polar surface area (TPSA) is 61.4 Å². The third-order valence-corrected chi connectivity index (χ3v) is 3.89. The number of nitrogens with one attached hydrogen (secondary N) is 1. The van der Waals surface area contributed by atoms with Gasteiger partial charge in [-0.2, -0.15) is 0 Å². The van der Waals surface area contributed by atoms with Crippen molar-refractivity contribution in [1.29, 1.82) is 0 Å². The van der Waals surface area contributed by atoms with Crippen molar-refractivity contribution in [1.82, 2.24) is 4.72 Å². The van der Waals surface area contributed by atoms with Crippen LogP contribution in [0.4, 0.5) is 4.79 Å². The zero-order valence-corrected chi connectivity index (χ0v) is 11.5. The van der Waals surface area contributed by atoms with E-state index in [1.165, 1.54) is 0 Å². The first-order chi connectivity index (χ1) is 7.28. The maximum Gasteiger partial charge on any atom is 0.449 e. The molecule has 1 amide bonds. The Morgan fingerprint density at radius 3 is 2.62 bits per heavy atom. The third-order valence-electron chi connectivity index (χ3n) is 1.31. The zero-order chi connectivity index (χ0) is 12.3. The van der Waals surface area contributed by atoms with Crippen molar-refractivity contribution in [3.05, 3.63) is 16.5 Å². The smallest absolute Gasteiger partial charge is 0.449 e. The molecular weight excluding hydrogens is 270 g/mol. The number of halogens is 1. The van der Waals surface area contributed by atoms with Crippen molar-refractivity contribution in [3.8, 4) is 0 Å². The Morgan fingerprint density at radius 2 is 2.19 bits per heavy atom. The second kappa shape index (κ2) is 5.27. The summed E-state index contributed by atoms with van der Waals surface area (Å²) < 4.78 is 19.8. The number of hydrogen-bond acceptors (Lipinski definition) is 4. The molecule has 0 aromatic carbocycles. The lowest BCUT2D eigenvalue weighted by atomic mass is 10.2. The molecule has 0 saturated carbocycles. The summed E-state index contributed by atoms with van der Waals surface area (Å²) in [5.74, 6) is 0. The van der Waals surface area contributed by atoms with Crippen molar-refractivity contribution < 1.29 is 14.1 Å². The summed E-state index contributed by atoms with van der Waals surface area (Å²) in [6.07, 6.45) is -0.713. The molecule has 0 spiro atoms. The first-order valence-electron chi connectivity index (χ1n) is 4.45. The predicted octanol–water partition coefficient (Wildman–Crippen LogP) is 2.95. The van der Waals surface area contributed by atoms with E-state index in [9.17, 15) is 9.35 Å². The highest BCUT2D eigenvalue weighted by Gasteiger charge is 2.22. The summed E-state index contributed by atoms with van der Waals surface area (Å²) in [6, 6.07) is 3.22. The van der Waals surface area contributed by atoms with E-state index in [1.54, 1.807) is 32.9 Å². The second-order valence-corrected chi connectivity index (χ2v) is 7.09. The van der Waals surface area contributed by atoms with Crippen molar-refractivity contribution in [2.75, 3.05) is 0 Å². The minimum absolute atomic E-state index is 0.482. The van der Waals surface area contributed by atoms with Crippen LogP contribution in [-0.2, 0) is 16.1 Å². The van der Waals surface area contributed by atoms with Gasteiger partial charge < -0.3 is 9.29 Å². The molecule has 0 fully saturated rings. The first-order valence-corrected chi connectivity index (χ1v) is 6.79. The van der Waals surface area contributed by atoms with E-state index in [2.05, 4.69) is 4.72 Å². The molecule has 16 heavy (non-hydrogen) atoms. The molecule has 1 aromatic heterocycles. The van der Waals surface area contributed by atoms with Gasteiger partial charge in [0.05, 0.1) is 4.34 Å². The SMILES string of the molecule is CC(C)(C)OC(=O)N[S+]([O-])c1ccc(Cl)s1. The second-order valence-electron chi connectivity index (χ2n) is 3.93. The number of hydrogen-bond donors (Lipinski definition) is 1. The summed E-state index contributed by atoms with van der Waals surface area (Å²) in [7, 11) is 0. The van der Waals surface area contributed by atoms with Crippen LogP contribution in [-0.4, -0.2) is 16.2 Å². The molecule has 0 bridgehead atoms. The summed E-state index contributed by atoms with van der Waals surface area (Å²) >= 11 is 5.22. The fraction of sp³-hybridized carbons (Fsp3) is 0.444. The number of rotatable bonds is 2. The van der Waals surface area contributed by atoms with Crippen LogP contribution in [0.1, 0.15) is 20.8 Å². The predicted molar refractivity (Wildman–Crippen MR) is 65.1 cm³/mol. The number of ether oxygens (including phenoxy) is 1. The number of carbonyl (C=O) groups is 1. The lowest BCUT2D eigenvalue weighted by Crippen LogP contribution is -2.36. The molecule has 1 heterocycles. The molecule has 0 saturated heterocycles. The van der Waals surface area contributed by atoms with Gasteiger partial charge in [-0.3, -0.25) is 0 Å². The number of carbonyl (C=O) groups excluding carboxylic acids is 1. The Hall–Kier alpha value is -0.430. The Balaban J connectivity index is 2.52. The minimum atomic E-state index is -1.62. The van der Waals surface area contributed by atoms with Crippen LogP contribution in [0.3, 0.4) is 0 Å². The number of thiophene rings is 1. The summed E-state index contributed by atoms with van der Waals surface area (Å²) in [4.78, 5) is 11.3. The molecular formula is C9H12ClNO3S2. The van der Waals surface area contributed by atoms with E-state index in [0.29, 0.717) is 8.55 Å². The van der Waals surface area contributed by atoms with Crippen molar-refractivity contribution in [2.45, 2.75) is 30.6 Å². The monoisotopic (exact) mass is 281 g/mol. The van der Waals surface area contributed by atoms with Gasteiger partial charge in [0.15, 0.2) is 0 Å². The molecule has 0 aliphatic heterocycles. The van der Waals surface area contributed by atoms with Crippen LogP contribution in [0, 0.1) is 0 Å². The Labute approximate surface area is 106 Å². The fourth-order valence-corrected chi connectivity index (χ4v) is 2.92. The van der Waals surface area contributed by atoms with Crippen LogP contribution >= 0.6 is 22.9 Å². The van der Waals surface area contributed by atoms with E-state index in [1.807, 2.05) is 0 Å². The first kappa shape index (κ1) is 13.6. The van der Waals surface area contributed by atoms with Crippen molar-refractivity contribution >= 4 is 40.4 Å². The molecule has 1 aromatic rings. The normalized spacial score (nSPS) is 13.3. The third kappa shape index (κ3) is 4.61. The van der Waals surface area contributed by atoms with Gasteiger partial charge in [0, 0.05) is 6.07 Å². The Kier molecular flexibility index (Phi) is 4.49. The van der Waals surface area contributed by atoms with Crippen LogP contribution in [0.15, 0.2) is 16.3 Å². The lowest BCUT2D eigenvalue weighted by molar-refractivity contribution is 0.0570. The van der Waals surface area contributed by atoms with Gasteiger partial charge in [-0.15, -0.1) is 4.72 Å². The van der Waals surface area contributed by atoms with Gasteiger partial charge in [0.1, 0.15) is 17.0 Å². The van der Waals surface area contributed by atoms with Gasteiger partial charge in [-0.25, -0.2) is 4.79 Å². The van der Waals surface area contributed by atoms with Gasteiger partial charge in [-0.05, 0) is 26.8 Å². The van der Waals surface area contributed by atoms with Gasteiger partial charge in [0.2, 0.25) is 4.21 Å². The molecule has 1 N–H and O–H groups in total. The summed E-state index contributed by atoms with van der Waals surface area (Å²) in [5.41, 5.74) is -0.610. The Bertz CT molecular complexity index is 375. The molecule has 4 nitrogen and oxygen atoms in total. The fourth-order valence-electron chi connectivity index (χ4n) is 0.822. The van der Waals surface area contributed by atoms with E-state index < -0.39 is 23.1 Å². The molecule has 1 atom stereocenters. The van der Waals surface area contributed by atoms with Crippen LogP contribution in [0.2, 0.25) is 4.34 Å². The minimum Gasteiger partial charge on any atom is -0.587 e. The summed E-state index contributed by atoms with van der Waals surface area (Å²) in [6.45, 7) is 5.20. The average molecular weight is 282 g/mol. The van der Waals surface area contributed by atoms with E-state index in [0.717, 1.165) is 11.3 Å². The molecule has 0 aliphatic carbocycles. The van der Waals surface area contributed by atoms with E-state index in [4.69, 9.17) is 16.3 Å². The molecule has 90 valence electrons. The summed E-state index contributed by atoms with van der Waals surface area (Å²) in [5, 5.41) is 0. The molecule has 7 heteroatoms. The van der Waals surface area contributed by atoms with E-state index >= 15 is 0 Å². The van der Waals surface area contributed by atoms with E-state index in [-0.39, 0.29) is 0 Å². The van der Waals surface area contributed by atoms with Crippen LogP contribution < -0.4 is 4.72 Å². The largest absolute Gasteiger partial charge is 0.587 e. The average Bonchev–Trinajstić information content (AvgIpc) is 2.47. The highest BCUT2D eigenvalue weighted by atomic mass is 35.5. The maximum atomic E-state index is 11.6. The van der Waals surface area contributed by atoms with Crippen LogP contribution in [0.25, 0.3) is 0 Å². The van der Waals surface area contributed by atoms with Gasteiger partial charge in [0.25, 0.3) is 0 Å². The highest BCUT2D eigenvalue weighted by Crippen LogP contribution is 2.25. The molecule has 0 aliphatic rings. The standard InChI is InChI=1S/C9H12ClNO3S2/c1-9(2,3)14-8(12)11-16(13)7-5-4-6(10)15-7/h4-5H,1-3H3,(H,11,12). The zero-order valence-electron chi connectivity index (χ0n) is 9.07. The quantitative estimate of drug-likeness (QED) is 0.848. The van der Waals surface area contributed by atoms with Crippen molar-refractivity contribution in [3.63, 3.8) is 0 Å². The molecule has 0 radical (unpaired) electrons. The van der Waals surface area contributed by atoms with Crippen LogP contribution in [0.5, 0.6) is 0 Å². The lowest BCUT2D eigenvalue weighted by Gasteiger charge is -2.19. The Morgan fingerprint density at radius 1 is 1.56 bits per heavy atom. The van der Waals surface area contributed by atoms with Crippen molar-refractivity contribution in [2.24, 2.45) is 0 Å². The van der Waals surface area contributed by atoms with Gasteiger partial charge >= 0.3 is 6.09 Å². The van der Waals surface area contributed by atoms with Gasteiger partial charge in [-0.1, -0.05) is 22.9 Å². The molecule has 1 unspecified atom stereocenters. The highest BCUT2D eigenvalue weighted by molar-refractivity contribution is 7.92. The maximum absolute atomic E-state index is 11.6. The molecule has 1 rings (SSSR count). The number of amides is 1.